The summed E-state index contributed by atoms with van der Waals surface area (Å²) in [4.78, 5) is 14.8. The van der Waals surface area contributed by atoms with Crippen LogP contribution in [0.25, 0.3) is 0 Å². The molecule has 1 saturated carbocycles. The van der Waals surface area contributed by atoms with Gasteiger partial charge in [-0.3, -0.25) is 4.79 Å². The Morgan fingerprint density at radius 3 is 2.60 bits per heavy atom. The minimum absolute atomic E-state index is 0.113. The van der Waals surface area contributed by atoms with E-state index in [1.807, 2.05) is 30.0 Å². The minimum Gasteiger partial charge on any atom is -0.334 e. The van der Waals surface area contributed by atoms with Crippen molar-refractivity contribution < 1.29 is 4.79 Å². The lowest BCUT2D eigenvalue weighted by atomic mass is 9.93. The van der Waals surface area contributed by atoms with E-state index in [4.69, 9.17) is 11.6 Å². The van der Waals surface area contributed by atoms with E-state index in [1.54, 1.807) is 0 Å². The molecule has 0 atom stereocenters. The molecular weight excluding hydrogens is 338 g/mol. The smallest absolute Gasteiger partial charge is 0.254 e. The van der Waals surface area contributed by atoms with Crippen LogP contribution < -0.4 is 0 Å². The Kier molecular flexibility index (Phi) is 5.91. The second-order valence-electron chi connectivity index (χ2n) is 5.50. The van der Waals surface area contributed by atoms with Crippen LogP contribution >= 0.6 is 27.5 Å². The van der Waals surface area contributed by atoms with Crippen LogP contribution in [0, 0.1) is 6.92 Å². The first-order valence-corrected chi connectivity index (χ1v) is 8.58. The van der Waals surface area contributed by atoms with Gasteiger partial charge in [-0.05, 0) is 43.5 Å². The molecule has 0 unspecified atom stereocenters. The Balaban J connectivity index is 2.20. The van der Waals surface area contributed by atoms with Crippen molar-refractivity contribution >= 4 is 33.4 Å². The van der Waals surface area contributed by atoms with Gasteiger partial charge in [0.2, 0.25) is 0 Å². The Morgan fingerprint density at radius 1 is 1.30 bits per heavy atom. The van der Waals surface area contributed by atoms with Crippen LogP contribution in [0.15, 0.2) is 22.7 Å². The molecule has 1 aliphatic rings. The van der Waals surface area contributed by atoms with Crippen LogP contribution in [0.1, 0.15) is 48.0 Å². The highest BCUT2D eigenvalue weighted by molar-refractivity contribution is 9.10. The summed E-state index contributed by atoms with van der Waals surface area (Å²) in [6.45, 7) is 2.64. The second-order valence-corrected chi connectivity index (χ2v) is 6.79. The molecule has 2 nitrogen and oxygen atoms in total. The molecule has 1 aromatic rings. The van der Waals surface area contributed by atoms with E-state index in [2.05, 4.69) is 15.9 Å². The Hall–Kier alpha value is -0.540. The zero-order valence-corrected chi connectivity index (χ0v) is 14.2. The highest BCUT2D eigenvalue weighted by Crippen LogP contribution is 2.25. The first kappa shape index (κ1) is 15.8. The van der Waals surface area contributed by atoms with Gasteiger partial charge >= 0.3 is 0 Å². The van der Waals surface area contributed by atoms with E-state index in [1.165, 1.54) is 19.3 Å². The molecule has 110 valence electrons. The molecule has 2 rings (SSSR count). The van der Waals surface area contributed by atoms with Crippen molar-refractivity contribution in [3.05, 3.63) is 33.8 Å². The predicted molar refractivity (Wildman–Crippen MR) is 87.5 cm³/mol. The van der Waals surface area contributed by atoms with E-state index in [-0.39, 0.29) is 5.91 Å². The molecule has 1 aliphatic carbocycles. The number of hydrogen-bond acceptors (Lipinski definition) is 1. The summed E-state index contributed by atoms with van der Waals surface area (Å²) in [6, 6.07) is 6.23. The third-order valence-electron chi connectivity index (χ3n) is 3.89. The maximum absolute atomic E-state index is 12.8. The Bertz CT molecular complexity index is 451. The molecule has 0 spiro atoms. The maximum atomic E-state index is 12.8. The molecule has 0 aromatic heterocycles. The molecule has 0 N–H and O–H groups in total. The van der Waals surface area contributed by atoms with Crippen LogP contribution in [0.3, 0.4) is 0 Å². The molecule has 0 aliphatic heterocycles. The highest BCUT2D eigenvalue weighted by atomic mass is 79.9. The zero-order valence-electron chi connectivity index (χ0n) is 11.9. The minimum atomic E-state index is 0.113. The molecule has 0 bridgehead atoms. The number of carbonyl (C=O) groups excluding carboxylic acids is 1. The number of alkyl halides is 1. The molecule has 1 aromatic carbocycles. The number of benzene rings is 1. The van der Waals surface area contributed by atoms with Crippen LogP contribution in [0.2, 0.25) is 0 Å². The number of hydrogen-bond donors (Lipinski definition) is 0. The van der Waals surface area contributed by atoms with Gasteiger partial charge in [0.25, 0.3) is 5.91 Å². The standard InChI is InChI=1S/C16H21BrClNO/c1-12-9-13(11-14(17)10-12)16(20)19(8-7-18)15-5-3-2-4-6-15/h9-11,15H,2-8H2,1H3. The first-order chi connectivity index (χ1) is 9.61. The van der Waals surface area contributed by atoms with Gasteiger partial charge in [0.1, 0.15) is 0 Å². The van der Waals surface area contributed by atoms with Crippen molar-refractivity contribution in [2.45, 2.75) is 45.1 Å². The monoisotopic (exact) mass is 357 g/mol. The Morgan fingerprint density at radius 2 is 2.00 bits per heavy atom. The highest BCUT2D eigenvalue weighted by Gasteiger charge is 2.26. The summed E-state index contributed by atoms with van der Waals surface area (Å²) < 4.78 is 0.954. The van der Waals surface area contributed by atoms with E-state index in [9.17, 15) is 4.79 Å². The molecule has 0 saturated heterocycles. The van der Waals surface area contributed by atoms with Gasteiger partial charge in [-0.1, -0.05) is 35.2 Å². The third kappa shape index (κ3) is 3.98. The fourth-order valence-corrected chi connectivity index (χ4v) is 3.75. The fraction of sp³-hybridized carbons (Fsp3) is 0.562. The first-order valence-electron chi connectivity index (χ1n) is 7.26. The van der Waals surface area contributed by atoms with E-state index < -0.39 is 0 Å². The van der Waals surface area contributed by atoms with Gasteiger partial charge in [-0.15, -0.1) is 11.6 Å². The number of nitrogens with zero attached hydrogens (tertiary/aromatic N) is 1. The Labute approximate surface area is 134 Å². The SMILES string of the molecule is Cc1cc(Br)cc(C(=O)N(CCCl)C2CCCCC2)c1. The van der Waals surface area contributed by atoms with Crippen LogP contribution in [0.5, 0.6) is 0 Å². The van der Waals surface area contributed by atoms with E-state index in [0.717, 1.165) is 28.4 Å². The van der Waals surface area contributed by atoms with Gasteiger partial charge in [-0.2, -0.15) is 0 Å². The third-order valence-corrected chi connectivity index (χ3v) is 4.52. The summed E-state index contributed by atoms with van der Waals surface area (Å²) in [5.74, 6) is 0.608. The van der Waals surface area contributed by atoms with Gasteiger partial charge in [0.15, 0.2) is 0 Å². The van der Waals surface area contributed by atoms with Crippen molar-refractivity contribution in [1.82, 2.24) is 4.90 Å². The predicted octanol–water partition coefficient (Wildman–Crippen LogP) is 4.77. The van der Waals surface area contributed by atoms with Gasteiger partial charge < -0.3 is 4.90 Å². The molecule has 0 radical (unpaired) electrons. The number of rotatable bonds is 4. The van der Waals surface area contributed by atoms with Gasteiger partial charge in [0.05, 0.1) is 0 Å². The number of aryl methyl sites for hydroxylation is 1. The fourth-order valence-electron chi connectivity index (χ4n) is 2.96. The molecule has 0 heterocycles. The largest absolute Gasteiger partial charge is 0.334 e. The molecular formula is C16H21BrClNO. The maximum Gasteiger partial charge on any atom is 0.254 e. The van der Waals surface area contributed by atoms with Crippen LogP contribution in [0.4, 0.5) is 0 Å². The van der Waals surface area contributed by atoms with E-state index in [0.29, 0.717) is 18.5 Å². The second kappa shape index (κ2) is 7.46. The van der Waals surface area contributed by atoms with Crippen molar-refractivity contribution in [3.8, 4) is 0 Å². The van der Waals surface area contributed by atoms with Gasteiger partial charge in [0, 0.05) is 28.5 Å². The quantitative estimate of drug-likeness (QED) is 0.710. The summed E-state index contributed by atoms with van der Waals surface area (Å²) in [5.41, 5.74) is 1.85. The number of carbonyl (C=O) groups is 1. The number of amides is 1. The molecule has 20 heavy (non-hydrogen) atoms. The van der Waals surface area contributed by atoms with Crippen LogP contribution in [-0.2, 0) is 0 Å². The van der Waals surface area contributed by atoms with Crippen molar-refractivity contribution in [1.29, 1.82) is 0 Å². The summed E-state index contributed by atoms with van der Waals surface area (Å²) in [6.07, 6.45) is 5.93. The van der Waals surface area contributed by atoms with Crippen molar-refractivity contribution in [3.63, 3.8) is 0 Å². The van der Waals surface area contributed by atoms with Crippen molar-refractivity contribution in [2.75, 3.05) is 12.4 Å². The molecule has 1 amide bonds. The lowest BCUT2D eigenvalue weighted by Gasteiger charge is -2.34. The van der Waals surface area contributed by atoms with Gasteiger partial charge in [-0.25, -0.2) is 0 Å². The topological polar surface area (TPSA) is 20.3 Å². The average Bonchev–Trinajstić information content (AvgIpc) is 2.44. The summed E-state index contributed by atoms with van der Waals surface area (Å²) in [5, 5.41) is 0. The molecule has 1 fully saturated rings. The van der Waals surface area contributed by atoms with Crippen LogP contribution in [-0.4, -0.2) is 29.3 Å². The van der Waals surface area contributed by atoms with Crippen molar-refractivity contribution in [2.24, 2.45) is 0 Å². The average molecular weight is 359 g/mol. The molecule has 4 heteroatoms. The lowest BCUT2D eigenvalue weighted by Crippen LogP contribution is -2.42. The van der Waals surface area contributed by atoms with E-state index >= 15 is 0 Å². The summed E-state index contributed by atoms with van der Waals surface area (Å²) >= 11 is 9.38. The zero-order chi connectivity index (χ0) is 14.5. The summed E-state index contributed by atoms with van der Waals surface area (Å²) in [7, 11) is 0. The number of halogens is 2. The normalized spacial score (nSPS) is 16.1. The lowest BCUT2D eigenvalue weighted by molar-refractivity contribution is 0.0649.